The number of likely N-dealkylation sites (tertiary alicyclic amines) is 1. The van der Waals surface area contributed by atoms with Crippen molar-refractivity contribution >= 4 is 17.0 Å². The minimum absolute atomic E-state index is 0.271. The quantitative estimate of drug-likeness (QED) is 0.469. The minimum atomic E-state index is -0.271. The Morgan fingerprint density at radius 2 is 2.23 bits per heavy atom. The summed E-state index contributed by atoms with van der Waals surface area (Å²) in [7, 11) is 0. The van der Waals surface area contributed by atoms with E-state index in [2.05, 4.69) is 33.1 Å². The topological polar surface area (TPSA) is 55.3 Å². The summed E-state index contributed by atoms with van der Waals surface area (Å²) in [5.74, 6) is 1.17. The molecule has 1 fully saturated rings. The van der Waals surface area contributed by atoms with Crippen molar-refractivity contribution in [2.24, 2.45) is 5.92 Å². The molecule has 2 aromatic heterocycles. The molecule has 0 amide bonds. The Bertz CT molecular complexity index is 980. The third-order valence-corrected chi connectivity index (χ3v) is 6.01. The number of carbonyl (C=O) groups excluding carboxylic acids is 1. The number of rotatable bonds is 7. The first-order valence-electron chi connectivity index (χ1n) is 11.4. The van der Waals surface area contributed by atoms with Crippen LogP contribution in [-0.2, 0) is 16.0 Å². The third-order valence-electron chi connectivity index (χ3n) is 6.01. The number of hydrogen-bond acceptors (Lipinski definition) is 5. The number of nitrogens with zero attached hydrogens (tertiary/aromatic N) is 3. The Balaban J connectivity index is 1.18. The number of fused-ring (bicyclic) bond motifs is 1. The molecule has 0 aromatic carbocycles. The lowest BCUT2D eigenvalue weighted by Gasteiger charge is -2.13. The van der Waals surface area contributed by atoms with Gasteiger partial charge in [-0.25, -0.2) is 14.8 Å². The average molecular weight is 418 g/mol. The normalized spacial score (nSPS) is 20.0. The van der Waals surface area contributed by atoms with Crippen LogP contribution in [-0.4, -0.2) is 40.5 Å². The van der Waals surface area contributed by atoms with Crippen molar-refractivity contribution in [3.8, 4) is 0 Å². The zero-order valence-electron chi connectivity index (χ0n) is 18.1. The Morgan fingerprint density at radius 3 is 3.19 bits per heavy atom. The zero-order valence-corrected chi connectivity index (χ0v) is 18.1. The second kappa shape index (κ2) is 11.0. The molecule has 0 saturated carbocycles. The average Bonchev–Trinajstić information content (AvgIpc) is 3.22. The first-order chi connectivity index (χ1) is 15.3. The molecule has 1 aliphatic heterocycles. The highest BCUT2D eigenvalue weighted by Gasteiger charge is 2.21. The molecule has 162 valence electrons. The lowest BCUT2D eigenvalue weighted by molar-refractivity contribution is -0.134. The number of carbonyl (C=O) groups is 1. The summed E-state index contributed by atoms with van der Waals surface area (Å²) >= 11 is 0. The van der Waals surface area contributed by atoms with Crippen LogP contribution < -0.4 is 0 Å². The van der Waals surface area contributed by atoms with E-state index < -0.39 is 0 Å². The highest BCUT2D eigenvalue weighted by molar-refractivity contribution is 5.82. The molecular weight excluding hydrogens is 386 g/mol. The van der Waals surface area contributed by atoms with Gasteiger partial charge >= 0.3 is 5.97 Å². The van der Waals surface area contributed by atoms with E-state index in [4.69, 9.17) is 4.74 Å². The van der Waals surface area contributed by atoms with Gasteiger partial charge in [0.2, 0.25) is 0 Å². The summed E-state index contributed by atoms with van der Waals surface area (Å²) in [6, 6.07) is 8.21. The van der Waals surface area contributed by atoms with Crippen molar-refractivity contribution in [3.05, 3.63) is 72.3 Å². The molecule has 5 nitrogen and oxygen atoms in total. The van der Waals surface area contributed by atoms with Crippen LogP contribution in [0.15, 0.2) is 66.6 Å². The molecule has 31 heavy (non-hydrogen) atoms. The van der Waals surface area contributed by atoms with Gasteiger partial charge in [-0.3, -0.25) is 4.90 Å². The standard InChI is InChI=1S/C26H31N3O2/c30-25(31-24-9-4-2-1-3-5-10-24)11-7-18-29-19-16-21(20-29)12-14-23-15-13-22-8-6-17-27-26(22)28-23/h2,4,6-9,11,13,15,17,21H,1,3,5,10,12,14,16,18-20H2. The number of esters is 1. The largest absolute Gasteiger partial charge is 0.428 e. The molecule has 1 unspecified atom stereocenters. The number of aromatic nitrogens is 2. The summed E-state index contributed by atoms with van der Waals surface area (Å²) in [6.07, 6.45) is 18.8. The molecule has 5 heteroatoms. The van der Waals surface area contributed by atoms with Gasteiger partial charge in [0.1, 0.15) is 5.76 Å². The molecule has 1 atom stereocenters. The van der Waals surface area contributed by atoms with E-state index in [9.17, 15) is 4.79 Å². The van der Waals surface area contributed by atoms with Crippen molar-refractivity contribution < 1.29 is 9.53 Å². The van der Waals surface area contributed by atoms with E-state index in [1.165, 1.54) is 6.42 Å². The first kappa shape index (κ1) is 21.4. The number of aryl methyl sites for hydroxylation is 1. The summed E-state index contributed by atoms with van der Waals surface area (Å²) in [5, 5.41) is 1.09. The first-order valence-corrected chi connectivity index (χ1v) is 11.4. The number of hydrogen-bond donors (Lipinski definition) is 0. The molecule has 4 rings (SSSR count). The maximum absolute atomic E-state index is 12.1. The lowest BCUT2D eigenvalue weighted by Crippen LogP contribution is -2.21. The van der Waals surface area contributed by atoms with Gasteiger partial charge < -0.3 is 4.74 Å². The molecule has 0 bridgehead atoms. The van der Waals surface area contributed by atoms with Crippen LogP contribution in [0.5, 0.6) is 0 Å². The zero-order chi connectivity index (χ0) is 21.3. The second-order valence-electron chi connectivity index (χ2n) is 8.44. The summed E-state index contributed by atoms with van der Waals surface area (Å²) < 4.78 is 5.48. The molecule has 1 aliphatic carbocycles. The van der Waals surface area contributed by atoms with Crippen molar-refractivity contribution in [3.63, 3.8) is 0 Å². The van der Waals surface area contributed by atoms with Crippen LogP contribution in [0.4, 0.5) is 0 Å². The molecule has 0 radical (unpaired) electrons. The fourth-order valence-electron chi connectivity index (χ4n) is 4.26. The molecule has 2 aromatic rings. The number of pyridine rings is 2. The second-order valence-corrected chi connectivity index (χ2v) is 8.44. The van der Waals surface area contributed by atoms with Gasteiger partial charge in [-0.15, -0.1) is 0 Å². The third kappa shape index (κ3) is 6.59. The summed E-state index contributed by atoms with van der Waals surface area (Å²) in [5.41, 5.74) is 1.95. The predicted molar refractivity (Wildman–Crippen MR) is 123 cm³/mol. The van der Waals surface area contributed by atoms with Crippen LogP contribution in [0, 0.1) is 5.92 Å². The Labute approximate surface area is 184 Å². The van der Waals surface area contributed by atoms with E-state index in [0.29, 0.717) is 5.92 Å². The van der Waals surface area contributed by atoms with E-state index >= 15 is 0 Å². The van der Waals surface area contributed by atoms with Crippen LogP contribution >= 0.6 is 0 Å². The fraction of sp³-hybridized carbons (Fsp3) is 0.423. The molecule has 2 aliphatic rings. The Kier molecular flexibility index (Phi) is 7.61. The van der Waals surface area contributed by atoms with Gasteiger partial charge in [0.05, 0.1) is 0 Å². The van der Waals surface area contributed by atoms with Gasteiger partial charge in [0, 0.05) is 42.9 Å². The van der Waals surface area contributed by atoms with Crippen molar-refractivity contribution in [1.82, 2.24) is 14.9 Å². The smallest absolute Gasteiger partial charge is 0.335 e. The minimum Gasteiger partial charge on any atom is -0.428 e. The molecule has 1 saturated heterocycles. The highest BCUT2D eigenvalue weighted by Crippen LogP contribution is 2.22. The van der Waals surface area contributed by atoms with E-state index in [1.54, 1.807) is 12.3 Å². The maximum Gasteiger partial charge on any atom is 0.335 e. The summed E-state index contributed by atoms with van der Waals surface area (Å²) in [6.45, 7) is 2.94. The Hall–Kier alpha value is -2.79. The number of ether oxygens (including phenoxy) is 1. The van der Waals surface area contributed by atoms with E-state index in [1.807, 2.05) is 30.4 Å². The molecule has 3 heterocycles. The van der Waals surface area contributed by atoms with Gasteiger partial charge in [0.15, 0.2) is 5.65 Å². The predicted octanol–water partition coefficient (Wildman–Crippen LogP) is 5.00. The Morgan fingerprint density at radius 1 is 1.26 bits per heavy atom. The van der Waals surface area contributed by atoms with Crippen LogP contribution in [0.2, 0.25) is 0 Å². The van der Waals surface area contributed by atoms with Crippen LogP contribution in [0.3, 0.4) is 0 Å². The SMILES string of the molecule is O=C(C=CCN1CCC(CCc2ccc3cccnc3n2)C1)OC1=CC=CCCCC1. The van der Waals surface area contributed by atoms with Crippen molar-refractivity contribution in [2.75, 3.05) is 19.6 Å². The molecule has 0 N–H and O–H groups in total. The van der Waals surface area contributed by atoms with Crippen LogP contribution in [0.25, 0.3) is 11.0 Å². The lowest BCUT2D eigenvalue weighted by atomic mass is 10.0. The van der Waals surface area contributed by atoms with Gasteiger partial charge in [-0.2, -0.15) is 0 Å². The van der Waals surface area contributed by atoms with Gasteiger partial charge in [0.25, 0.3) is 0 Å². The number of allylic oxidation sites excluding steroid dienone is 4. The molecular formula is C26H31N3O2. The monoisotopic (exact) mass is 417 g/mol. The maximum atomic E-state index is 12.1. The van der Waals surface area contributed by atoms with Gasteiger partial charge in [-0.1, -0.05) is 18.2 Å². The highest BCUT2D eigenvalue weighted by atomic mass is 16.5. The van der Waals surface area contributed by atoms with Crippen molar-refractivity contribution in [1.29, 1.82) is 0 Å². The van der Waals surface area contributed by atoms with E-state index in [0.717, 1.165) is 80.6 Å². The van der Waals surface area contributed by atoms with Crippen molar-refractivity contribution in [2.45, 2.75) is 44.9 Å². The summed E-state index contributed by atoms with van der Waals surface area (Å²) in [4.78, 5) is 23.5. The van der Waals surface area contributed by atoms with E-state index in [-0.39, 0.29) is 5.97 Å². The van der Waals surface area contributed by atoms with Gasteiger partial charge in [-0.05, 0) is 81.3 Å². The van der Waals surface area contributed by atoms with Crippen LogP contribution in [0.1, 0.15) is 44.2 Å². The fourth-order valence-corrected chi connectivity index (χ4v) is 4.26. The molecule has 0 spiro atoms.